The van der Waals surface area contributed by atoms with E-state index in [4.69, 9.17) is 11.6 Å². The van der Waals surface area contributed by atoms with Gasteiger partial charge in [-0.15, -0.1) is 24.8 Å². The van der Waals surface area contributed by atoms with E-state index in [9.17, 15) is 5.11 Å². The zero-order valence-electron chi connectivity index (χ0n) is 12.9. The van der Waals surface area contributed by atoms with Crippen molar-refractivity contribution in [2.24, 2.45) is 5.92 Å². The highest BCUT2D eigenvalue weighted by molar-refractivity contribution is 9.10. The third-order valence-corrected chi connectivity index (χ3v) is 5.51. The van der Waals surface area contributed by atoms with Gasteiger partial charge >= 0.3 is 0 Å². The summed E-state index contributed by atoms with van der Waals surface area (Å²) in [6.45, 7) is 4.10. The molecule has 1 atom stereocenters. The van der Waals surface area contributed by atoms with Crippen molar-refractivity contribution in [3.63, 3.8) is 0 Å². The molecular formula is C16H24BrCl3N2O. The van der Waals surface area contributed by atoms with Crippen LogP contribution in [0.5, 0.6) is 5.75 Å². The van der Waals surface area contributed by atoms with Crippen LogP contribution in [-0.4, -0.2) is 36.2 Å². The predicted molar refractivity (Wildman–Crippen MR) is 104 cm³/mol. The molecule has 2 aliphatic rings. The topological polar surface area (TPSA) is 35.5 Å². The maximum atomic E-state index is 10.5. The monoisotopic (exact) mass is 444 g/mol. The Bertz CT molecular complexity index is 506. The lowest BCUT2D eigenvalue weighted by molar-refractivity contribution is 0.123. The number of rotatable bonds is 3. The molecule has 1 saturated carbocycles. The molecule has 23 heavy (non-hydrogen) atoms. The van der Waals surface area contributed by atoms with Gasteiger partial charge in [0.15, 0.2) is 0 Å². The Balaban J connectivity index is 0.00000132. The first-order valence-corrected chi connectivity index (χ1v) is 8.96. The predicted octanol–water partition coefficient (Wildman–Crippen LogP) is 4.79. The van der Waals surface area contributed by atoms with E-state index < -0.39 is 0 Å². The van der Waals surface area contributed by atoms with Crippen molar-refractivity contribution in [2.75, 3.05) is 26.2 Å². The fourth-order valence-electron chi connectivity index (χ4n) is 3.79. The zero-order chi connectivity index (χ0) is 14.8. The largest absolute Gasteiger partial charge is 0.506 e. The smallest absolute Gasteiger partial charge is 0.139 e. The van der Waals surface area contributed by atoms with Crippen LogP contribution in [0.2, 0.25) is 5.02 Å². The Kier molecular flexibility index (Phi) is 8.99. The lowest BCUT2D eigenvalue weighted by atomic mass is 9.89. The average Bonchev–Trinajstić information content (AvgIpc) is 2.99. The van der Waals surface area contributed by atoms with Crippen molar-refractivity contribution in [1.82, 2.24) is 10.2 Å². The quantitative estimate of drug-likeness (QED) is 0.701. The molecule has 3 nitrogen and oxygen atoms in total. The summed E-state index contributed by atoms with van der Waals surface area (Å²) < 4.78 is 0.943. The van der Waals surface area contributed by atoms with E-state index in [1.807, 2.05) is 6.07 Å². The minimum absolute atomic E-state index is 0. The third kappa shape index (κ3) is 4.90. The van der Waals surface area contributed by atoms with Gasteiger partial charge in [0.25, 0.3) is 0 Å². The van der Waals surface area contributed by atoms with Crippen LogP contribution in [0.1, 0.15) is 37.3 Å². The Labute approximate surface area is 164 Å². The summed E-state index contributed by atoms with van der Waals surface area (Å²) in [6, 6.07) is 4.10. The molecule has 1 saturated heterocycles. The molecule has 0 radical (unpaired) electrons. The molecule has 1 aliphatic heterocycles. The van der Waals surface area contributed by atoms with Crippen molar-refractivity contribution >= 4 is 52.3 Å². The molecule has 0 aromatic heterocycles. The van der Waals surface area contributed by atoms with E-state index in [2.05, 4.69) is 26.1 Å². The van der Waals surface area contributed by atoms with Gasteiger partial charge in [-0.2, -0.15) is 0 Å². The second-order valence-corrected chi connectivity index (χ2v) is 7.42. The second kappa shape index (κ2) is 9.69. The van der Waals surface area contributed by atoms with Crippen molar-refractivity contribution < 1.29 is 5.11 Å². The van der Waals surface area contributed by atoms with Gasteiger partial charge in [-0.3, -0.25) is 4.90 Å². The zero-order valence-corrected chi connectivity index (χ0v) is 16.9. The molecule has 0 spiro atoms. The van der Waals surface area contributed by atoms with Crippen LogP contribution in [0.4, 0.5) is 0 Å². The molecule has 0 unspecified atom stereocenters. The summed E-state index contributed by atoms with van der Waals surface area (Å²) in [5, 5.41) is 14.3. The van der Waals surface area contributed by atoms with Gasteiger partial charge in [0.2, 0.25) is 0 Å². The first-order chi connectivity index (χ1) is 10.2. The summed E-state index contributed by atoms with van der Waals surface area (Å²) in [4.78, 5) is 2.52. The maximum Gasteiger partial charge on any atom is 0.139 e. The third-order valence-electron chi connectivity index (χ3n) is 4.77. The van der Waals surface area contributed by atoms with Gasteiger partial charge in [0, 0.05) is 42.3 Å². The van der Waals surface area contributed by atoms with Crippen LogP contribution in [-0.2, 0) is 0 Å². The number of nitrogens with zero attached hydrogens (tertiary/aromatic N) is 1. The van der Waals surface area contributed by atoms with E-state index in [1.54, 1.807) is 6.07 Å². The van der Waals surface area contributed by atoms with Crippen molar-refractivity contribution in [2.45, 2.75) is 31.7 Å². The van der Waals surface area contributed by atoms with Crippen molar-refractivity contribution in [3.05, 3.63) is 27.2 Å². The molecule has 1 aromatic carbocycles. The molecule has 2 fully saturated rings. The van der Waals surface area contributed by atoms with Crippen LogP contribution >= 0.6 is 52.3 Å². The van der Waals surface area contributed by atoms with Crippen LogP contribution in [0, 0.1) is 5.92 Å². The van der Waals surface area contributed by atoms with Gasteiger partial charge < -0.3 is 10.4 Å². The Morgan fingerprint density at radius 2 is 1.78 bits per heavy atom. The van der Waals surface area contributed by atoms with Gasteiger partial charge in [0.05, 0.1) is 5.02 Å². The number of halogens is 4. The minimum atomic E-state index is 0. The van der Waals surface area contributed by atoms with Gasteiger partial charge in [-0.25, -0.2) is 0 Å². The average molecular weight is 447 g/mol. The van der Waals surface area contributed by atoms with E-state index in [-0.39, 0.29) is 36.6 Å². The summed E-state index contributed by atoms with van der Waals surface area (Å²) in [5.74, 6) is 0.884. The Morgan fingerprint density at radius 1 is 1.17 bits per heavy atom. The Hall–Kier alpha value is 0.290. The lowest BCUT2D eigenvalue weighted by Crippen LogP contribution is -2.46. The maximum absolute atomic E-state index is 10.5. The highest BCUT2D eigenvalue weighted by atomic mass is 79.9. The first kappa shape index (κ1) is 21.3. The summed E-state index contributed by atoms with van der Waals surface area (Å²) in [5.41, 5.74) is 0.989. The molecule has 132 valence electrons. The molecular weight excluding hydrogens is 422 g/mol. The molecule has 7 heteroatoms. The fraction of sp³-hybridized carbons (Fsp3) is 0.625. The van der Waals surface area contributed by atoms with Crippen LogP contribution in [0.3, 0.4) is 0 Å². The number of piperazine rings is 1. The molecule has 0 bridgehead atoms. The number of phenolic OH excluding ortho intramolecular Hbond substituents is 1. The van der Waals surface area contributed by atoms with Gasteiger partial charge in [-0.1, -0.05) is 40.4 Å². The number of benzene rings is 1. The molecule has 0 amide bonds. The van der Waals surface area contributed by atoms with E-state index in [1.165, 1.54) is 25.7 Å². The number of hydrogen-bond acceptors (Lipinski definition) is 3. The standard InChI is InChI=1S/C16H22BrClN2O.2ClH/c17-12-9-13(16(21)14(18)10-12)15(11-3-1-2-4-11)20-7-5-19-6-8-20;;/h9-11,15,19,21H,1-8H2;2*1H/t15-;;/m1../s1. The van der Waals surface area contributed by atoms with Crippen LogP contribution < -0.4 is 5.32 Å². The fourth-order valence-corrected chi connectivity index (χ4v) is 4.63. The summed E-state index contributed by atoms with van der Waals surface area (Å²) >= 11 is 9.72. The normalized spacial score (nSPS) is 20.6. The molecule has 1 heterocycles. The van der Waals surface area contributed by atoms with Crippen LogP contribution in [0.25, 0.3) is 0 Å². The molecule has 1 aromatic rings. The lowest BCUT2D eigenvalue weighted by Gasteiger charge is -2.39. The number of hydrogen-bond donors (Lipinski definition) is 2. The van der Waals surface area contributed by atoms with E-state index >= 15 is 0 Å². The van der Waals surface area contributed by atoms with E-state index in [0.717, 1.165) is 36.2 Å². The van der Waals surface area contributed by atoms with Crippen LogP contribution in [0.15, 0.2) is 16.6 Å². The van der Waals surface area contributed by atoms with Gasteiger partial charge in [-0.05, 0) is 30.9 Å². The summed E-state index contributed by atoms with van der Waals surface area (Å²) in [7, 11) is 0. The van der Waals surface area contributed by atoms with E-state index in [0.29, 0.717) is 10.9 Å². The highest BCUT2D eigenvalue weighted by Gasteiger charge is 2.34. The number of nitrogens with one attached hydrogen (secondary N) is 1. The minimum Gasteiger partial charge on any atom is -0.506 e. The molecule has 3 rings (SSSR count). The first-order valence-electron chi connectivity index (χ1n) is 7.79. The number of phenols is 1. The highest BCUT2D eigenvalue weighted by Crippen LogP contribution is 2.45. The van der Waals surface area contributed by atoms with Crippen molar-refractivity contribution in [1.29, 1.82) is 0 Å². The summed E-state index contributed by atoms with van der Waals surface area (Å²) in [6.07, 6.45) is 5.10. The second-order valence-electron chi connectivity index (χ2n) is 6.10. The Morgan fingerprint density at radius 3 is 2.39 bits per heavy atom. The van der Waals surface area contributed by atoms with Crippen molar-refractivity contribution in [3.8, 4) is 5.75 Å². The SMILES string of the molecule is Cl.Cl.Oc1c(Cl)cc(Br)cc1[C@@H](C1CCCC1)N1CCNCC1. The molecule has 1 aliphatic carbocycles. The number of aromatic hydroxyl groups is 1. The molecule has 2 N–H and O–H groups in total. The van der Waals surface area contributed by atoms with Gasteiger partial charge in [0.1, 0.15) is 5.75 Å².